The summed E-state index contributed by atoms with van der Waals surface area (Å²) in [5.74, 6) is 0.792. The molecule has 2 rings (SSSR count). The summed E-state index contributed by atoms with van der Waals surface area (Å²) >= 11 is 0. The van der Waals surface area contributed by atoms with Crippen molar-refractivity contribution in [2.24, 2.45) is 5.92 Å². The average molecular weight is 273 g/mol. The van der Waals surface area contributed by atoms with E-state index in [-0.39, 0.29) is 12.4 Å². The van der Waals surface area contributed by atoms with E-state index in [1.807, 2.05) is 6.07 Å². The zero-order valence-corrected chi connectivity index (χ0v) is 11.5. The molecule has 1 aromatic heterocycles. The summed E-state index contributed by atoms with van der Waals surface area (Å²) in [5.41, 5.74) is 0.978. The summed E-state index contributed by atoms with van der Waals surface area (Å²) in [4.78, 5) is 8.25. The predicted octanol–water partition coefficient (Wildman–Crippen LogP) is 0.996. The van der Waals surface area contributed by atoms with Gasteiger partial charge in [-0.1, -0.05) is 0 Å². The summed E-state index contributed by atoms with van der Waals surface area (Å²) in [7, 11) is 1.58. The summed E-state index contributed by atoms with van der Waals surface area (Å²) in [6.07, 6.45) is 4.26. The van der Waals surface area contributed by atoms with Gasteiger partial charge in [-0.15, -0.1) is 12.4 Å². The maximum Gasteiger partial charge on any atom is 0.316 e. The molecule has 0 unspecified atom stereocenters. The molecule has 0 spiro atoms. The Bertz CT molecular complexity index is 345. The van der Waals surface area contributed by atoms with E-state index in [1.165, 1.54) is 12.8 Å². The molecule has 0 radical (unpaired) electrons. The van der Waals surface area contributed by atoms with Gasteiger partial charge in [-0.2, -0.15) is 4.98 Å². The van der Waals surface area contributed by atoms with Gasteiger partial charge in [0.2, 0.25) is 0 Å². The number of aromatic nitrogens is 2. The standard InChI is InChI=1S/C12H20N4O.ClH/c1-17-12-15-7-4-11(16-12)9-14-8-10-2-5-13-6-3-10;/h4,7,10,13-14H,2-3,5-6,8-9H2,1H3;1H. The third-order valence-corrected chi connectivity index (χ3v) is 3.07. The van der Waals surface area contributed by atoms with Crippen LogP contribution in [-0.2, 0) is 6.54 Å². The van der Waals surface area contributed by atoms with Crippen molar-refractivity contribution in [3.05, 3.63) is 18.0 Å². The van der Waals surface area contributed by atoms with E-state index in [0.29, 0.717) is 6.01 Å². The number of hydrogen-bond donors (Lipinski definition) is 2. The van der Waals surface area contributed by atoms with E-state index >= 15 is 0 Å². The molecule has 1 fully saturated rings. The minimum atomic E-state index is 0. The molecule has 1 aliphatic rings. The molecule has 0 amide bonds. The second-order valence-corrected chi connectivity index (χ2v) is 4.36. The van der Waals surface area contributed by atoms with E-state index in [9.17, 15) is 0 Å². The summed E-state index contributed by atoms with van der Waals surface area (Å²) in [6, 6.07) is 2.35. The van der Waals surface area contributed by atoms with Crippen molar-refractivity contribution in [1.82, 2.24) is 20.6 Å². The Labute approximate surface area is 114 Å². The number of methoxy groups -OCH3 is 1. The van der Waals surface area contributed by atoms with Gasteiger partial charge in [-0.05, 0) is 44.5 Å². The number of nitrogens with zero attached hydrogens (tertiary/aromatic N) is 2. The Hall–Kier alpha value is -0.910. The van der Waals surface area contributed by atoms with Gasteiger partial charge in [0, 0.05) is 12.7 Å². The smallest absolute Gasteiger partial charge is 0.316 e. The van der Waals surface area contributed by atoms with Crippen molar-refractivity contribution >= 4 is 12.4 Å². The lowest BCUT2D eigenvalue weighted by molar-refractivity contribution is 0.353. The van der Waals surface area contributed by atoms with Crippen LogP contribution in [0.4, 0.5) is 0 Å². The SMILES string of the molecule is COc1nccc(CNCC2CCNCC2)n1.Cl. The first-order valence-electron chi connectivity index (χ1n) is 6.16. The monoisotopic (exact) mass is 272 g/mol. The average Bonchev–Trinajstić information content (AvgIpc) is 2.40. The zero-order valence-electron chi connectivity index (χ0n) is 10.7. The fourth-order valence-electron chi connectivity index (χ4n) is 2.06. The van der Waals surface area contributed by atoms with Crippen LogP contribution < -0.4 is 15.4 Å². The molecule has 102 valence electrons. The van der Waals surface area contributed by atoms with E-state index in [2.05, 4.69) is 20.6 Å². The normalized spacial score (nSPS) is 16.1. The van der Waals surface area contributed by atoms with Gasteiger partial charge >= 0.3 is 6.01 Å². The lowest BCUT2D eigenvalue weighted by Gasteiger charge is -2.22. The van der Waals surface area contributed by atoms with Gasteiger partial charge in [0.1, 0.15) is 0 Å². The van der Waals surface area contributed by atoms with Crippen LogP contribution in [-0.4, -0.2) is 36.7 Å². The van der Waals surface area contributed by atoms with Gasteiger partial charge in [0.25, 0.3) is 0 Å². The van der Waals surface area contributed by atoms with Crippen LogP contribution in [0, 0.1) is 5.92 Å². The third kappa shape index (κ3) is 4.76. The van der Waals surface area contributed by atoms with Crippen LogP contribution in [0.25, 0.3) is 0 Å². The minimum Gasteiger partial charge on any atom is -0.467 e. The molecule has 1 aliphatic heterocycles. The molecule has 0 aromatic carbocycles. The molecule has 18 heavy (non-hydrogen) atoms. The number of nitrogens with one attached hydrogen (secondary N) is 2. The lowest BCUT2D eigenvalue weighted by atomic mass is 9.98. The van der Waals surface area contributed by atoms with Crippen LogP contribution in [0.2, 0.25) is 0 Å². The van der Waals surface area contributed by atoms with Crippen molar-refractivity contribution in [3.8, 4) is 6.01 Å². The quantitative estimate of drug-likeness (QED) is 0.837. The summed E-state index contributed by atoms with van der Waals surface area (Å²) in [6.45, 7) is 4.14. The molecular weight excluding hydrogens is 252 g/mol. The third-order valence-electron chi connectivity index (χ3n) is 3.07. The van der Waals surface area contributed by atoms with E-state index in [0.717, 1.165) is 37.8 Å². The molecule has 0 atom stereocenters. The molecule has 5 nitrogen and oxygen atoms in total. The lowest BCUT2D eigenvalue weighted by Crippen LogP contribution is -2.33. The number of ether oxygens (including phenoxy) is 1. The van der Waals surface area contributed by atoms with Crippen molar-refractivity contribution in [2.75, 3.05) is 26.7 Å². The van der Waals surface area contributed by atoms with Gasteiger partial charge < -0.3 is 15.4 Å². The highest BCUT2D eigenvalue weighted by atomic mass is 35.5. The maximum absolute atomic E-state index is 4.99. The van der Waals surface area contributed by atoms with Gasteiger partial charge in [-0.3, -0.25) is 0 Å². The Kier molecular flexibility index (Phi) is 6.93. The molecule has 1 saturated heterocycles. The molecule has 2 N–H and O–H groups in total. The van der Waals surface area contributed by atoms with Crippen LogP contribution >= 0.6 is 12.4 Å². The topological polar surface area (TPSA) is 59.1 Å². The Morgan fingerprint density at radius 1 is 1.44 bits per heavy atom. The fraction of sp³-hybridized carbons (Fsp3) is 0.667. The second kappa shape index (κ2) is 8.24. The summed E-state index contributed by atoms with van der Waals surface area (Å²) < 4.78 is 4.99. The predicted molar refractivity (Wildman–Crippen MR) is 73.1 cm³/mol. The highest BCUT2D eigenvalue weighted by Crippen LogP contribution is 2.10. The number of rotatable bonds is 5. The Balaban J connectivity index is 0.00000162. The molecule has 2 heterocycles. The van der Waals surface area contributed by atoms with Crippen LogP contribution in [0.1, 0.15) is 18.5 Å². The van der Waals surface area contributed by atoms with E-state index < -0.39 is 0 Å². The largest absolute Gasteiger partial charge is 0.467 e. The first-order valence-corrected chi connectivity index (χ1v) is 6.16. The first-order chi connectivity index (χ1) is 8.38. The first kappa shape index (κ1) is 15.1. The highest BCUT2D eigenvalue weighted by Gasteiger charge is 2.12. The number of halogens is 1. The highest BCUT2D eigenvalue weighted by molar-refractivity contribution is 5.85. The molecule has 1 aromatic rings. The molecule has 0 saturated carbocycles. The summed E-state index contributed by atoms with van der Waals surface area (Å²) in [5, 5.41) is 6.82. The molecule has 0 bridgehead atoms. The molecular formula is C12H21ClN4O. The van der Waals surface area contributed by atoms with E-state index in [4.69, 9.17) is 4.74 Å². The van der Waals surface area contributed by atoms with Crippen LogP contribution in [0.5, 0.6) is 6.01 Å². The van der Waals surface area contributed by atoms with E-state index in [1.54, 1.807) is 13.3 Å². The minimum absolute atomic E-state index is 0. The van der Waals surface area contributed by atoms with Gasteiger partial charge in [0.05, 0.1) is 12.8 Å². The van der Waals surface area contributed by atoms with Crippen molar-refractivity contribution in [1.29, 1.82) is 0 Å². The van der Waals surface area contributed by atoms with Crippen LogP contribution in [0.3, 0.4) is 0 Å². The number of piperidine rings is 1. The maximum atomic E-state index is 4.99. The molecule has 6 heteroatoms. The second-order valence-electron chi connectivity index (χ2n) is 4.36. The van der Waals surface area contributed by atoms with Gasteiger partial charge in [0.15, 0.2) is 0 Å². The van der Waals surface area contributed by atoms with Crippen LogP contribution in [0.15, 0.2) is 12.3 Å². The Morgan fingerprint density at radius 2 is 2.22 bits per heavy atom. The fourth-order valence-corrected chi connectivity index (χ4v) is 2.06. The number of hydrogen-bond acceptors (Lipinski definition) is 5. The van der Waals surface area contributed by atoms with Crippen molar-refractivity contribution < 1.29 is 4.74 Å². The van der Waals surface area contributed by atoms with Crippen molar-refractivity contribution in [2.45, 2.75) is 19.4 Å². The van der Waals surface area contributed by atoms with Crippen molar-refractivity contribution in [3.63, 3.8) is 0 Å². The van der Waals surface area contributed by atoms with Gasteiger partial charge in [-0.25, -0.2) is 4.98 Å². The molecule has 0 aliphatic carbocycles. The Morgan fingerprint density at radius 3 is 2.94 bits per heavy atom. The zero-order chi connectivity index (χ0) is 11.9.